The van der Waals surface area contributed by atoms with Gasteiger partial charge in [0.25, 0.3) is 10.0 Å². The summed E-state index contributed by atoms with van der Waals surface area (Å²) in [5, 5.41) is 12.9. The average molecular weight is 305 g/mol. The molecule has 1 aliphatic heterocycles. The van der Waals surface area contributed by atoms with E-state index in [4.69, 9.17) is 0 Å². The van der Waals surface area contributed by atoms with Crippen LogP contribution in [0.1, 0.15) is 20.3 Å². The molecule has 10 heteroatoms. The van der Waals surface area contributed by atoms with Gasteiger partial charge in [-0.05, 0) is 19.9 Å². The fourth-order valence-electron chi connectivity index (χ4n) is 1.79. The molecular weight excluding hydrogens is 290 g/mol. The molecule has 1 aliphatic rings. The summed E-state index contributed by atoms with van der Waals surface area (Å²) >= 11 is 0.825. The van der Waals surface area contributed by atoms with Crippen molar-refractivity contribution in [3.63, 3.8) is 0 Å². The number of rotatable bonds is 4. The topological polar surface area (TPSA) is 113 Å². The van der Waals surface area contributed by atoms with E-state index in [2.05, 4.69) is 25.6 Å². The van der Waals surface area contributed by atoms with Crippen molar-refractivity contribution in [3.05, 3.63) is 0 Å². The molecular formula is C9H15N5O3S2. The van der Waals surface area contributed by atoms with Crippen LogP contribution in [0, 0.1) is 0 Å². The van der Waals surface area contributed by atoms with Crippen LogP contribution in [0.2, 0.25) is 0 Å². The minimum atomic E-state index is -3.71. The zero-order chi connectivity index (χ0) is 14.1. The quantitative estimate of drug-likeness (QED) is 0.648. The molecule has 3 N–H and O–H groups in total. The maximum Gasteiger partial charge on any atom is 0.270 e. The molecule has 2 heterocycles. The highest BCUT2D eigenvalue weighted by atomic mass is 32.2. The van der Waals surface area contributed by atoms with E-state index in [0.717, 1.165) is 17.9 Å². The number of amides is 1. The lowest BCUT2D eigenvalue weighted by molar-refractivity contribution is -0.114. The minimum absolute atomic E-state index is 0.149. The van der Waals surface area contributed by atoms with Crippen LogP contribution in [0.5, 0.6) is 0 Å². The lowest BCUT2D eigenvalue weighted by Crippen LogP contribution is -2.47. The highest BCUT2D eigenvalue weighted by molar-refractivity contribution is 7.91. The summed E-state index contributed by atoms with van der Waals surface area (Å²) in [5.41, 5.74) is -0.515. The van der Waals surface area contributed by atoms with Gasteiger partial charge in [-0.25, -0.2) is 13.1 Å². The number of nitrogens with one attached hydrogen (secondary N) is 3. The van der Waals surface area contributed by atoms with Crippen molar-refractivity contribution < 1.29 is 13.2 Å². The normalized spacial score (nSPS) is 23.5. The number of sulfonamides is 1. The number of hydrogen-bond acceptors (Lipinski definition) is 7. The van der Waals surface area contributed by atoms with Gasteiger partial charge in [-0.2, -0.15) is 0 Å². The Morgan fingerprint density at radius 3 is 2.79 bits per heavy atom. The van der Waals surface area contributed by atoms with Crippen molar-refractivity contribution in [3.8, 4) is 0 Å². The van der Waals surface area contributed by atoms with E-state index in [1.54, 1.807) is 0 Å². The highest BCUT2D eigenvalue weighted by Crippen LogP contribution is 2.23. The third kappa shape index (κ3) is 3.47. The Morgan fingerprint density at radius 2 is 2.21 bits per heavy atom. The van der Waals surface area contributed by atoms with E-state index in [9.17, 15) is 13.2 Å². The van der Waals surface area contributed by atoms with Crippen LogP contribution in [-0.4, -0.2) is 43.2 Å². The smallest absolute Gasteiger partial charge is 0.270 e. The van der Waals surface area contributed by atoms with Gasteiger partial charge in [-0.3, -0.25) is 4.79 Å². The van der Waals surface area contributed by atoms with E-state index in [-0.39, 0.29) is 15.4 Å². The summed E-state index contributed by atoms with van der Waals surface area (Å²) in [4.78, 5) is 10.9. The molecule has 2 rings (SSSR count). The molecule has 19 heavy (non-hydrogen) atoms. The monoisotopic (exact) mass is 305 g/mol. The Kier molecular flexibility index (Phi) is 3.85. The predicted molar refractivity (Wildman–Crippen MR) is 70.4 cm³/mol. The first kappa shape index (κ1) is 14.3. The zero-order valence-corrected chi connectivity index (χ0v) is 12.2. The van der Waals surface area contributed by atoms with Gasteiger partial charge in [0.2, 0.25) is 15.4 Å². The summed E-state index contributed by atoms with van der Waals surface area (Å²) in [6, 6.07) is 0. The summed E-state index contributed by atoms with van der Waals surface area (Å²) in [5.74, 6) is -0.319. The van der Waals surface area contributed by atoms with Crippen molar-refractivity contribution in [1.82, 2.24) is 20.2 Å². The molecule has 0 aliphatic carbocycles. The number of nitrogens with zero attached hydrogens (tertiary/aromatic N) is 2. The van der Waals surface area contributed by atoms with Gasteiger partial charge in [0.15, 0.2) is 0 Å². The summed E-state index contributed by atoms with van der Waals surface area (Å²) in [6.45, 7) is 4.50. The molecule has 0 saturated carbocycles. The Balaban J connectivity index is 2.15. The maximum atomic E-state index is 12.1. The number of aromatic nitrogens is 2. The van der Waals surface area contributed by atoms with Crippen LogP contribution in [0.4, 0.5) is 5.13 Å². The van der Waals surface area contributed by atoms with E-state index >= 15 is 0 Å². The average Bonchev–Trinajstić information content (AvgIpc) is 2.86. The Hall–Kier alpha value is -1.10. The molecule has 0 radical (unpaired) electrons. The molecule has 1 fully saturated rings. The Bertz CT molecular complexity index is 576. The van der Waals surface area contributed by atoms with Gasteiger partial charge in [0, 0.05) is 19.0 Å². The summed E-state index contributed by atoms with van der Waals surface area (Å²) in [7, 11) is -3.71. The predicted octanol–water partition coefficient (Wildman–Crippen LogP) is -0.473. The number of anilines is 1. The van der Waals surface area contributed by atoms with E-state index < -0.39 is 15.6 Å². The SMILES string of the molecule is CC(=O)Nc1nnc(S(=O)(=O)NC2(C)CCNC2)s1. The largest absolute Gasteiger partial charge is 0.315 e. The van der Waals surface area contributed by atoms with Crippen molar-refractivity contribution in [1.29, 1.82) is 0 Å². The molecule has 1 saturated heterocycles. The summed E-state index contributed by atoms with van der Waals surface area (Å²) in [6.07, 6.45) is 0.712. The number of hydrogen-bond donors (Lipinski definition) is 3. The first-order chi connectivity index (χ1) is 8.81. The molecule has 1 atom stereocenters. The number of carbonyl (C=O) groups is 1. The highest BCUT2D eigenvalue weighted by Gasteiger charge is 2.35. The van der Waals surface area contributed by atoms with Crippen molar-refractivity contribution in [2.75, 3.05) is 18.4 Å². The van der Waals surface area contributed by atoms with Crippen LogP contribution >= 0.6 is 11.3 Å². The second kappa shape index (κ2) is 5.12. The maximum absolute atomic E-state index is 12.1. The van der Waals surface area contributed by atoms with Crippen LogP contribution in [0.25, 0.3) is 0 Å². The van der Waals surface area contributed by atoms with Gasteiger partial charge in [-0.15, -0.1) is 10.2 Å². The molecule has 1 aromatic heterocycles. The second-order valence-electron chi connectivity index (χ2n) is 4.65. The lowest BCUT2D eigenvalue weighted by atomic mass is 10.0. The third-order valence-corrected chi connectivity index (χ3v) is 5.51. The first-order valence-electron chi connectivity index (χ1n) is 5.67. The Morgan fingerprint density at radius 1 is 1.47 bits per heavy atom. The fourth-order valence-corrected chi connectivity index (χ4v) is 4.17. The first-order valence-corrected chi connectivity index (χ1v) is 7.97. The van der Waals surface area contributed by atoms with E-state index in [0.29, 0.717) is 13.0 Å². The van der Waals surface area contributed by atoms with Crippen LogP contribution in [-0.2, 0) is 14.8 Å². The van der Waals surface area contributed by atoms with E-state index in [1.807, 2.05) is 6.92 Å². The van der Waals surface area contributed by atoms with Crippen molar-refractivity contribution in [2.45, 2.75) is 30.1 Å². The third-order valence-electron chi connectivity index (χ3n) is 2.67. The molecule has 1 unspecified atom stereocenters. The van der Waals surface area contributed by atoms with Crippen LogP contribution < -0.4 is 15.4 Å². The van der Waals surface area contributed by atoms with Gasteiger partial charge in [0.05, 0.1) is 0 Å². The summed E-state index contributed by atoms with van der Waals surface area (Å²) < 4.78 is 26.8. The second-order valence-corrected chi connectivity index (χ2v) is 7.48. The van der Waals surface area contributed by atoms with Gasteiger partial charge >= 0.3 is 0 Å². The molecule has 0 bridgehead atoms. The van der Waals surface area contributed by atoms with Crippen molar-refractivity contribution in [2.24, 2.45) is 0 Å². The lowest BCUT2D eigenvalue weighted by Gasteiger charge is -2.22. The molecule has 0 spiro atoms. The molecule has 1 aromatic rings. The molecule has 8 nitrogen and oxygen atoms in total. The zero-order valence-electron chi connectivity index (χ0n) is 10.6. The van der Waals surface area contributed by atoms with Gasteiger partial charge < -0.3 is 10.6 Å². The van der Waals surface area contributed by atoms with Crippen LogP contribution in [0.3, 0.4) is 0 Å². The molecule has 1 amide bonds. The van der Waals surface area contributed by atoms with Gasteiger partial charge in [0.1, 0.15) is 0 Å². The van der Waals surface area contributed by atoms with E-state index in [1.165, 1.54) is 6.92 Å². The van der Waals surface area contributed by atoms with Crippen LogP contribution in [0.15, 0.2) is 4.34 Å². The number of carbonyl (C=O) groups excluding carboxylic acids is 1. The fraction of sp³-hybridized carbons (Fsp3) is 0.667. The molecule has 0 aromatic carbocycles. The van der Waals surface area contributed by atoms with Gasteiger partial charge in [-0.1, -0.05) is 11.3 Å². The molecule has 106 valence electrons. The minimum Gasteiger partial charge on any atom is -0.315 e. The van der Waals surface area contributed by atoms with Crippen molar-refractivity contribution >= 4 is 32.4 Å². The standard InChI is InChI=1S/C9H15N5O3S2/c1-6(15)11-7-12-13-8(18-7)19(16,17)14-9(2)3-4-10-5-9/h10,14H,3-5H2,1-2H3,(H,11,12,15). The Labute approximate surface area is 115 Å².